The van der Waals surface area contributed by atoms with Crippen LogP contribution in [0.15, 0.2) is 66.7 Å². The Hall–Kier alpha value is -4.22. The molecule has 0 spiro atoms. The predicted octanol–water partition coefficient (Wildman–Crippen LogP) is 3.63. The molecule has 1 unspecified atom stereocenters. The first kappa shape index (κ1) is 28.8. The lowest BCUT2D eigenvalue weighted by atomic mass is 10.1. The summed E-state index contributed by atoms with van der Waals surface area (Å²) in [6, 6.07) is 17.5. The SMILES string of the molecule is CCOc1cc(C(CS(C)(=O)=O)N2C(=O)c3cccc(NC(=O)COCc4ccccc4)c3C2=O)ccc1OC. The van der Waals surface area contributed by atoms with Crippen LogP contribution in [-0.4, -0.2) is 63.4 Å². The number of hydrogen-bond acceptors (Lipinski definition) is 8. The molecular formula is C29H30N2O8S. The molecule has 1 N–H and O–H groups in total. The summed E-state index contributed by atoms with van der Waals surface area (Å²) < 4.78 is 41.3. The Morgan fingerprint density at radius 3 is 2.40 bits per heavy atom. The van der Waals surface area contributed by atoms with Crippen LogP contribution in [0.2, 0.25) is 0 Å². The average molecular weight is 567 g/mol. The number of anilines is 1. The van der Waals surface area contributed by atoms with Gasteiger partial charge < -0.3 is 19.5 Å². The van der Waals surface area contributed by atoms with Gasteiger partial charge in [0.1, 0.15) is 16.4 Å². The van der Waals surface area contributed by atoms with Crippen molar-refractivity contribution in [2.24, 2.45) is 0 Å². The summed E-state index contributed by atoms with van der Waals surface area (Å²) in [4.78, 5) is 40.8. The van der Waals surface area contributed by atoms with Crippen molar-refractivity contribution in [2.45, 2.75) is 19.6 Å². The lowest BCUT2D eigenvalue weighted by Gasteiger charge is -2.27. The van der Waals surface area contributed by atoms with Gasteiger partial charge in [-0.15, -0.1) is 0 Å². The van der Waals surface area contributed by atoms with E-state index in [0.29, 0.717) is 23.7 Å². The number of carbonyl (C=O) groups is 3. The van der Waals surface area contributed by atoms with Crippen LogP contribution in [-0.2, 0) is 26.0 Å². The smallest absolute Gasteiger partial charge is 0.264 e. The number of hydrogen-bond donors (Lipinski definition) is 1. The minimum atomic E-state index is -3.65. The van der Waals surface area contributed by atoms with Crippen molar-refractivity contribution in [2.75, 3.05) is 37.6 Å². The van der Waals surface area contributed by atoms with E-state index in [2.05, 4.69) is 5.32 Å². The Morgan fingerprint density at radius 1 is 0.975 bits per heavy atom. The number of nitrogens with one attached hydrogen (secondary N) is 1. The molecule has 210 valence electrons. The van der Waals surface area contributed by atoms with E-state index in [-0.39, 0.29) is 30.0 Å². The van der Waals surface area contributed by atoms with E-state index in [1.165, 1.54) is 19.2 Å². The van der Waals surface area contributed by atoms with Gasteiger partial charge in [0.2, 0.25) is 5.91 Å². The normalized spacial score (nSPS) is 13.6. The molecule has 4 rings (SSSR count). The zero-order valence-corrected chi connectivity index (χ0v) is 23.2. The number of methoxy groups -OCH3 is 1. The van der Waals surface area contributed by atoms with Crippen molar-refractivity contribution < 1.29 is 37.0 Å². The molecule has 0 radical (unpaired) electrons. The van der Waals surface area contributed by atoms with Crippen molar-refractivity contribution >= 4 is 33.2 Å². The Kier molecular flexibility index (Phi) is 8.86. The van der Waals surface area contributed by atoms with Crippen LogP contribution in [0.3, 0.4) is 0 Å². The van der Waals surface area contributed by atoms with Gasteiger partial charge >= 0.3 is 0 Å². The maximum Gasteiger partial charge on any atom is 0.264 e. The summed E-state index contributed by atoms with van der Waals surface area (Å²) in [5.74, 6) is -1.63. The van der Waals surface area contributed by atoms with Crippen LogP contribution >= 0.6 is 0 Å². The number of fused-ring (bicyclic) bond motifs is 1. The molecule has 0 bridgehead atoms. The van der Waals surface area contributed by atoms with Crippen LogP contribution in [0.1, 0.15) is 44.8 Å². The summed E-state index contributed by atoms with van der Waals surface area (Å²) in [7, 11) is -2.18. The van der Waals surface area contributed by atoms with E-state index >= 15 is 0 Å². The molecule has 0 saturated heterocycles. The van der Waals surface area contributed by atoms with Gasteiger partial charge in [0.25, 0.3) is 11.8 Å². The lowest BCUT2D eigenvalue weighted by molar-refractivity contribution is -0.121. The molecule has 0 saturated carbocycles. The van der Waals surface area contributed by atoms with Crippen LogP contribution in [0.4, 0.5) is 5.69 Å². The van der Waals surface area contributed by atoms with Crippen LogP contribution in [0.25, 0.3) is 0 Å². The maximum absolute atomic E-state index is 13.7. The maximum atomic E-state index is 13.7. The fraction of sp³-hybridized carbons (Fsp3) is 0.276. The van der Waals surface area contributed by atoms with Crippen LogP contribution in [0.5, 0.6) is 11.5 Å². The number of sulfone groups is 1. The molecule has 3 aromatic rings. The summed E-state index contributed by atoms with van der Waals surface area (Å²) in [5, 5.41) is 2.65. The largest absolute Gasteiger partial charge is 0.493 e. The summed E-state index contributed by atoms with van der Waals surface area (Å²) in [5.41, 5.74) is 1.46. The number of carbonyl (C=O) groups excluding carboxylic acids is 3. The molecule has 10 nitrogen and oxygen atoms in total. The van der Waals surface area contributed by atoms with Gasteiger partial charge in [0.15, 0.2) is 11.5 Å². The van der Waals surface area contributed by atoms with E-state index in [1.807, 2.05) is 30.3 Å². The second-order valence-electron chi connectivity index (χ2n) is 9.19. The minimum absolute atomic E-state index is 0.0130. The molecule has 0 aliphatic carbocycles. The number of nitrogens with zero attached hydrogens (tertiary/aromatic N) is 1. The molecule has 1 aliphatic rings. The van der Waals surface area contributed by atoms with Gasteiger partial charge in [0.05, 0.1) is 48.9 Å². The van der Waals surface area contributed by atoms with Gasteiger partial charge in [-0.3, -0.25) is 19.3 Å². The first-order valence-electron chi connectivity index (χ1n) is 12.5. The van der Waals surface area contributed by atoms with Crippen molar-refractivity contribution in [1.82, 2.24) is 4.90 Å². The van der Waals surface area contributed by atoms with Crippen molar-refractivity contribution in [3.63, 3.8) is 0 Å². The number of ether oxygens (including phenoxy) is 3. The van der Waals surface area contributed by atoms with Gasteiger partial charge in [-0.25, -0.2) is 8.42 Å². The van der Waals surface area contributed by atoms with Gasteiger partial charge in [-0.05, 0) is 42.3 Å². The van der Waals surface area contributed by atoms with Gasteiger partial charge in [-0.2, -0.15) is 0 Å². The molecule has 0 fully saturated rings. The third kappa shape index (κ3) is 6.49. The number of amides is 3. The van der Waals surface area contributed by atoms with Crippen LogP contribution < -0.4 is 14.8 Å². The Morgan fingerprint density at radius 2 is 1.73 bits per heavy atom. The number of rotatable bonds is 12. The first-order chi connectivity index (χ1) is 19.1. The molecular weight excluding hydrogens is 536 g/mol. The standard InChI is InChI=1S/C29H30N2O8S/c1-4-39-25-15-20(13-14-24(25)37-2)23(18-40(3,35)36)31-28(33)21-11-8-12-22(27(21)29(31)34)30-26(32)17-38-16-19-9-6-5-7-10-19/h5-15,23H,4,16-18H2,1-3H3,(H,30,32). The van der Waals surface area contributed by atoms with E-state index < -0.39 is 39.4 Å². The highest BCUT2D eigenvalue weighted by Crippen LogP contribution is 2.38. The summed E-state index contributed by atoms with van der Waals surface area (Å²) in [6.45, 7) is 2.06. The molecule has 40 heavy (non-hydrogen) atoms. The van der Waals surface area contributed by atoms with E-state index in [1.54, 1.807) is 31.2 Å². The van der Waals surface area contributed by atoms with E-state index in [0.717, 1.165) is 16.7 Å². The third-order valence-corrected chi connectivity index (χ3v) is 7.13. The molecule has 1 heterocycles. The average Bonchev–Trinajstić information content (AvgIpc) is 3.18. The van der Waals surface area contributed by atoms with Crippen molar-refractivity contribution in [3.8, 4) is 11.5 Å². The van der Waals surface area contributed by atoms with Crippen LogP contribution in [0, 0.1) is 0 Å². The van der Waals surface area contributed by atoms with E-state index in [4.69, 9.17) is 14.2 Å². The minimum Gasteiger partial charge on any atom is -0.493 e. The highest BCUT2D eigenvalue weighted by molar-refractivity contribution is 7.90. The third-order valence-electron chi connectivity index (χ3n) is 6.21. The Bertz CT molecular complexity index is 1520. The summed E-state index contributed by atoms with van der Waals surface area (Å²) >= 11 is 0. The predicted molar refractivity (Wildman–Crippen MR) is 148 cm³/mol. The molecule has 0 aromatic heterocycles. The quantitative estimate of drug-likeness (QED) is 0.329. The zero-order chi connectivity index (χ0) is 28.9. The molecule has 11 heteroatoms. The lowest BCUT2D eigenvalue weighted by Crippen LogP contribution is -2.37. The fourth-order valence-corrected chi connectivity index (χ4v) is 5.40. The monoisotopic (exact) mass is 566 g/mol. The number of benzene rings is 3. The fourth-order valence-electron chi connectivity index (χ4n) is 4.49. The van der Waals surface area contributed by atoms with Gasteiger partial charge in [-0.1, -0.05) is 42.5 Å². The van der Waals surface area contributed by atoms with Gasteiger partial charge in [0, 0.05) is 6.26 Å². The topological polar surface area (TPSA) is 128 Å². The molecule has 1 aliphatic heterocycles. The Labute approximate surface area is 232 Å². The molecule has 1 atom stereocenters. The number of imide groups is 1. The van der Waals surface area contributed by atoms with E-state index in [9.17, 15) is 22.8 Å². The van der Waals surface area contributed by atoms with Crippen molar-refractivity contribution in [3.05, 3.63) is 89.0 Å². The second-order valence-corrected chi connectivity index (χ2v) is 11.4. The molecule has 3 aromatic carbocycles. The summed E-state index contributed by atoms with van der Waals surface area (Å²) in [6.07, 6.45) is 1.03. The van der Waals surface area contributed by atoms with Crippen molar-refractivity contribution in [1.29, 1.82) is 0 Å². The zero-order valence-electron chi connectivity index (χ0n) is 22.4. The Balaban J connectivity index is 1.61. The highest BCUT2D eigenvalue weighted by atomic mass is 32.2. The first-order valence-corrected chi connectivity index (χ1v) is 14.6. The highest BCUT2D eigenvalue weighted by Gasteiger charge is 2.43. The molecule has 3 amide bonds. The second kappa shape index (κ2) is 12.3.